The third kappa shape index (κ3) is 4.57. The molecule has 0 aliphatic carbocycles. The largest absolute Gasteiger partial charge is 0.478 e. The van der Waals surface area contributed by atoms with Gasteiger partial charge in [-0.3, -0.25) is 4.79 Å². The minimum atomic E-state index is -1.02. The lowest BCUT2D eigenvalue weighted by Gasteiger charge is -2.06. The number of hydrogen-bond donors (Lipinski definition) is 2. The number of aromatic carboxylic acids is 1. The molecule has 0 atom stereocenters. The molecule has 108 valence electrons. The zero-order valence-electron chi connectivity index (χ0n) is 10.7. The third-order valence-corrected chi connectivity index (χ3v) is 4.10. The van der Waals surface area contributed by atoms with Crippen molar-refractivity contribution in [3.63, 3.8) is 0 Å². The van der Waals surface area contributed by atoms with E-state index in [9.17, 15) is 9.59 Å². The highest BCUT2D eigenvalue weighted by Gasteiger charge is 2.08. The highest BCUT2D eigenvalue weighted by atomic mass is 79.9. The van der Waals surface area contributed by atoms with E-state index < -0.39 is 5.97 Å². The molecular weight excluding hydrogens is 356 g/mol. The zero-order chi connectivity index (χ0) is 15.2. The molecule has 0 saturated carbocycles. The minimum absolute atomic E-state index is 0.150. The lowest BCUT2D eigenvalue weighted by Crippen LogP contribution is -2.14. The zero-order valence-corrected chi connectivity index (χ0v) is 13.1. The Labute approximate surface area is 133 Å². The molecular formula is C14H11BrN2O3S. The number of carbonyl (C=O) groups is 2. The van der Waals surface area contributed by atoms with Gasteiger partial charge >= 0.3 is 5.97 Å². The normalized spacial score (nSPS) is 10.1. The average molecular weight is 367 g/mol. The number of halogens is 1. The first kappa shape index (κ1) is 15.5. The summed E-state index contributed by atoms with van der Waals surface area (Å²) in [5, 5.41) is 12.2. The number of anilines is 1. The molecule has 0 fully saturated rings. The molecule has 0 saturated heterocycles. The summed E-state index contributed by atoms with van der Waals surface area (Å²) in [6.07, 6.45) is 1.41. The second-order valence-electron chi connectivity index (χ2n) is 4.00. The average Bonchev–Trinajstić information content (AvgIpc) is 2.48. The molecule has 0 aliphatic rings. The first-order valence-corrected chi connectivity index (χ1v) is 7.70. The number of pyridine rings is 1. The van der Waals surface area contributed by atoms with Crippen LogP contribution in [0.25, 0.3) is 0 Å². The fourth-order valence-corrected chi connectivity index (χ4v) is 2.59. The van der Waals surface area contributed by atoms with Crippen LogP contribution in [-0.2, 0) is 4.79 Å². The molecule has 5 nitrogen and oxygen atoms in total. The van der Waals surface area contributed by atoms with Gasteiger partial charge in [-0.2, -0.15) is 0 Å². The summed E-state index contributed by atoms with van der Waals surface area (Å²) in [4.78, 5) is 26.7. The van der Waals surface area contributed by atoms with E-state index in [0.29, 0.717) is 10.7 Å². The number of carbonyl (C=O) groups excluding carboxylic acids is 1. The van der Waals surface area contributed by atoms with Crippen LogP contribution in [0.4, 0.5) is 5.69 Å². The van der Waals surface area contributed by atoms with Gasteiger partial charge in [-0.25, -0.2) is 9.78 Å². The molecule has 0 unspecified atom stereocenters. The Morgan fingerprint density at radius 1 is 1.29 bits per heavy atom. The molecule has 1 heterocycles. The van der Waals surface area contributed by atoms with Crippen LogP contribution in [0.5, 0.6) is 0 Å². The number of rotatable bonds is 5. The lowest BCUT2D eigenvalue weighted by atomic mass is 10.3. The SMILES string of the molecule is O=C(CSc1cc(C(=O)O)ccn1)Nc1ccccc1Br. The van der Waals surface area contributed by atoms with Crippen molar-refractivity contribution in [2.24, 2.45) is 0 Å². The Hall–Kier alpha value is -1.86. The predicted octanol–water partition coefficient (Wildman–Crippen LogP) is 3.27. The molecule has 0 aliphatic heterocycles. The van der Waals surface area contributed by atoms with E-state index >= 15 is 0 Å². The minimum Gasteiger partial charge on any atom is -0.478 e. The number of carboxylic acids is 1. The summed E-state index contributed by atoms with van der Waals surface area (Å²) in [5.41, 5.74) is 0.842. The number of amides is 1. The van der Waals surface area contributed by atoms with E-state index in [1.165, 1.54) is 30.1 Å². The number of carboxylic acid groups (broad SMARTS) is 1. The summed E-state index contributed by atoms with van der Waals surface area (Å²) in [7, 11) is 0. The van der Waals surface area contributed by atoms with E-state index in [1.54, 1.807) is 6.07 Å². The maximum Gasteiger partial charge on any atom is 0.335 e. The van der Waals surface area contributed by atoms with Gasteiger partial charge in [-0.05, 0) is 40.2 Å². The van der Waals surface area contributed by atoms with Gasteiger partial charge in [0.25, 0.3) is 0 Å². The number of nitrogens with zero attached hydrogens (tertiary/aromatic N) is 1. The summed E-state index contributed by atoms with van der Waals surface area (Å²) < 4.78 is 0.800. The van der Waals surface area contributed by atoms with Crippen LogP contribution >= 0.6 is 27.7 Å². The van der Waals surface area contributed by atoms with Gasteiger partial charge in [0.05, 0.1) is 22.0 Å². The second kappa shape index (κ2) is 7.24. The van der Waals surface area contributed by atoms with Crippen molar-refractivity contribution < 1.29 is 14.7 Å². The molecule has 21 heavy (non-hydrogen) atoms. The van der Waals surface area contributed by atoms with Crippen molar-refractivity contribution in [1.82, 2.24) is 4.98 Å². The summed E-state index contributed by atoms with van der Waals surface area (Å²) in [6.45, 7) is 0. The van der Waals surface area contributed by atoms with Crippen molar-refractivity contribution in [2.75, 3.05) is 11.1 Å². The van der Waals surface area contributed by atoms with Crippen LogP contribution in [0.2, 0.25) is 0 Å². The van der Waals surface area contributed by atoms with Gasteiger partial charge in [0.15, 0.2) is 0 Å². The lowest BCUT2D eigenvalue weighted by molar-refractivity contribution is -0.113. The standard InChI is InChI=1S/C14H11BrN2O3S/c15-10-3-1-2-4-11(10)17-12(18)8-21-13-7-9(14(19)20)5-6-16-13/h1-7H,8H2,(H,17,18)(H,19,20). The first-order chi connectivity index (χ1) is 10.1. The smallest absolute Gasteiger partial charge is 0.335 e. The van der Waals surface area contributed by atoms with Crippen LogP contribution in [0.3, 0.4) is 0 Å². The Bertz CT molecular complexity index is 679. The molecule has 1 aromatic carbocycles. The van der Waals surface area contributed by atoms with Crippen LogP contribution < -0.4 is 5.32 Å². The predicted molar refractivity (Wildman–Crippen MR) is 84.7 cm³/mol. The maximum atomic E-state index is 11.9. The molecule has 0 radical (unpaired) electrons. The molecule has 1 amide bonds. The first-order valence-electron chi connectivity index (χ1n) is 5.93. The van der Waals surface area contributed by atoms with Gasteiger partial charge < -0.3 is 10.4 Å². The Balaban J connectivity index is 1.94. The highest BCUT2D eigenvalue weighted by molar-refractivity contribution is 9.10. The fourth-order valence-electron chi connectivity index (χ4n) is 1.51. The molecule has 1 aromatic heterocycles. The Morgan fingerprint density at radius 3 is 2.76 bits per heavy atom. The van der Waals surface area contributed by atoms with E-state index in [2.05, 4.69) is 26.2 Å². The number of hydrogen-bond acceptors (Lipinski definition) is 4. The summed E-state index contributed by atoms with van der Waals surface area (Å²) >= 11 is 4.53. The molecule has 2 aromatic rings. The van der Waals surface area contributed by atoms with Crippen molar-refractivity contribution in [3.8, 4) is 0 Å². The van der Waals surface area contributed by atoms with Crippen molar-refractivity contribution >= 4 is 45.3 Å². The number of benzene rings is 1. The van der Waals surface area contributed by atoms with E-state index in [4.69, 9.17) is 5.11 Å². The molecule has 2 rings (SSSR count). The molecule has 2 N–H and O–H groups in total. The summed E-state index contributed by atoms with van der Waals surface area (Å²) in [6, 6.07) is 10.2. The Kier molecular flexibility index (Phi) is 5.35. The van der Waals surface area contributed by atoms with Crippen molar-refractivity contribution in [1.29, 1.82) is 0 Å². The van der Waals surface area contributed by atoms with Crippen LogP contribution in [-0.4, -0.2) is 27.7 Å². The second-order valence-corrected chi connectivity index (χ2v) is 5.85. The Morgan fingerprint density at radius 2 is 2.05 bits per heavy atom. The quantitative estimate of drug-likeness (QED) is 0.793. The fraction of sp³-hybridized carbons (Fsp3) is 0.0714. The maximum absolute atomic E-state index is 11.9. The summed E-state index contributed by atoms with van der Waals surface area (Å²) in [5.74, 6) is -1.05. The van der Waals surface area contributed by atoms with Crippen molar-refractivity contribution in [2.45, 2.75) is 5.03 Å². The van der Waals surface area contributed by atoms with Gasteiger partial charge in [0, 0.05) is 10.7 Å². The van der Waals surface area contributed by atoms with Crippen LogP contribution in [0.15, 0.2) is 52.1 Å². The van der Waals surface area contributed by atoms with Gasteiger partial charge in [0.2, 0.25) is 5.91 Å². The van der Waals surface area contributed by atoms with Crippen molar-refractivity contribution in [3.05, 3.63) is 52.6 Å². The van der Waals surface area contributed by atoms with E-state index in [0.717, 1.165) is 4.47 Å². The van der Waals surface area contributed by atoms with Gasteiger partial charge in [-0.1, -0.05) is 23.9 Å². The van der Waals surface area contributed by atoms with Crippen LogP contribution in [0.1, 0.15) is 10.4 Å². The number of para-hydroxylation sites is 1. The monoisotopic (exact) mass is 366 g/mol. The number of thioether (sulfide) groups is 1. The molecule has 0 spiro atoms. The van der Waals surface area contributed by atoms with E-state index in [1.807, 2.05) is 18.2 Å². The number of nitrogens with one attached hydrogen (secondary N) is 1. The molecule has 0 bridgehead atoms. The van der Waals surface area contributed by atoms with E-state index in [-0.39, 0.29) is 17.2 Å². The topological polar surface area (TPSA) is 79.3 Å². The van der Waals surface area contributed by atoms with Crippen LogP contribution in [0, 0.1) is 0 Å². The van der Waals surface area contributed by atoms with Gasteiger partial charge in [-0.15, -0.1) is 0 Å². The number of aromatic nitrogens is 1. The third-order valence-electron chi connectivity index (χ3n) is 2.48. The molecule has 7 heteroatoms. The highest BCUT2D eigenvalue weighted by Crippen LogP contribution is 2.22. The van der Waals surface area contributed by atoms with Gasteiger partial charge in [0.1, 0.15) is 0 Å².